The first-order valence-corrected chi connectivity index (χ1v) is 14.6. The second kappa shape index (κ2) is 9.60. The number of hydrogen-bond acceptors (Lipinski definition) is 3. The van der Waals surface area contributed by atoms with Gasteiger partial charge in [-0.05, 0) is 82.6 Å². The third-order valence-electron chi connectivity index (χ3n) is 6.65. The van der Waals surface area contributed by atoms with E-state index in [9.17, 15) is 0 Å². The van der Waals surface area contributed by atoms with Crippen molar-refractivity contribution in [2.24, 2.45) is 0 Å². The lowest BCUT2D eigenvalue weighted by atomic mass is 9.97. The number of hydrogen-bond donors (Lipinski definition) is 0. The third kappa shape index (κ3) is 4.05. The molecule has 0 aliphatic carbocycles. The quantitative estimate of drug-likeness (QED) is 0.180. The van der Waals surface area contributed by atoms with Gasteiger partial charge in [-0.3, -0.25) is 0 Å². The lowest BCUT2D eigenvalue weighted by molar-refractivity contribution is 0.668. The van der Waals surface area contributed by atoms with Crippen molar-refractivity contribution in [3.05, 3.63) is 46.2 Å². The Balaban J connectivity index is 1.64. The summed E-state index contributed by atoms with van der Waals surface area (Å²) in [6, 6.07) is 9.82. The van der Waals surface area contributed by atoms with Gasteiger partial charge in [0.15, 0.2) is 0 Å². The molecule has 0 aliphatic heterocycles. The number of benzene rings is 2. The van der Waals surface area contributed by atoms with Gasteiger partial charge >= 0.3 is 0 Å². The molecule has 0 fully saturated rings. The normalized spacial score (nSPS) is 12.2. The van der Waals surface area contributed by atoms with Crippen molar-refractivity contribution in [3.8, 4) is 0 Å². The van der Waals surface area contributed by atoms with E-state index >= 15 is 0 Å². The Hall–Kier alpha value is -1.42. The van der Waals surface area contributed by atoms with Crippen molar-refractivity contribution in [1.82, 2.24) is 0 Å². The average Bonchev–Trinajstić information content (AvgIpc) is 3.51. The van der Waals surface area contributed by atoms with Gasteiger partial charge in [-0.2, -0.15) is 0 Å². The zero-order chi connectivity index (χ0) is 21.2. The van der Waals surface area contributed by atoms with Crippen LogP contribution in [-0.2, 0) is 12.8 Å². The summed E-state index contributed by atoms with van der Waals surface area (Å²) in [5, 5.41) is 10.6. The SMILES string of the molecule is CCCCCCc1cc2c3cc(CCCCCC)c4ccsc4c3sc2c2sccc12. The van der Waals surface area contributed by atoms with Gasteiger partial charge in [0.1, 0.15) is 0 Å². The standard InChI is InChI=1S/C28H32S3/c1-3-5-7-9-11-19-17-23-24-18-20(12-10-8-6-4-2)22-14-16-30-26(22)28(24)31-27(23)25-21(19)13-15-29-25/h13-18H,3-12H2,1-2H3. The molecule has 5 rings (SSSR count). The van der Waals surface area contributed by atoms with E-state index in [4.69, 9.17) is 0 Å². The second-order valence-corrected chi connectivity index (χ2v) is 11.7. The molecule has 3 heteroatoms. The number of thiophene rings is 3. The summed E-state index contributed by atoms with van der Waals surface area (Å²) in [6.07, 6.45) is 13.1. The molecule has 0 radical (unpaired) electrons. The van der Waals surface area contributed by atoms with Crippen LogP contribution in [0.3, 0.4) is 0 Å². The second-order valence-electron chi connectivity index (χ2n) is 8.87. The highest BCUT2D eigenvalue weighted by atomic mass is 32.1. The maximum Gasteiger partial charge on any atom is 0.0534 e. The minimum absolute atomic E-state index is 1.21. The van der Waals surface area contributed by atoms with E-state index in [0.29, 0.717) is 0 Å². The van der Waals surface area contributed by atoms with Crippen LogP contribution in [0.4, 0.5) is 0 Å². The zero-order valence-corrected chi connectivity index (χ0v) is 21.2. The zero-order valence-electron chi connectivity index (χ0n) is 18.8. The lowest BCUT2D eigenvalue weighted by Gasteiger charge is -2.07. The molecule has 0 saturated carbocycles. The predicted octanol–water partition coefficient (Wildman–Crippen LogP) is 10.7. The maximum atomic E-state index is 2.55. The molecular formula is C28H32S3. The number of aryl methyl sites for hydroxylation is 2. The maximum absolute atomic E-state index is 2.55. The molecule has 5 aromatic rings. The van der Waals surface area contributed by atoms with Crippen molar-refractivity contribution >= 4 is 74.4 Å². The van der Waals surface area contributed by atoms with Crippen molar-refractivity contribution in [3.63, 3.8) is 0 Å². The van der Waals surface area contributed by atoms with E-state index in [1.54, 1.807) is 11.1 Å². The molecular weight excluding hydrogens is 433 g/mol. The van der Waals surface area contributed by atoms with E-state index in [-0.39, 0.29) is 0 Å². The largest absolute Gasteiger partial charge is 0.142 e. The van der Waals surface area contributed by atoms with Crippen LogP contribution in [0.25, 0.3) is 40.3 Å². The van der Waals surface area contributed by atoms with Gasteiger partial charge in [0.25, 0.3) is 0 Å². The Morgan fingerprint density at radius 2 is 1.03 bits per heavy atom. The molecule has 0 N–H and O–H groups in total. The van der Waals surface area contributed by atoms with Crippen LogP contribution in [0.1, 0.15) is 76.3 Å². The molecule has 0 atom stereocenters. The fourth-order valence-electron chi connectivity index (χ4n) is 4.96. The van der Waals surface area contributed by atoms with Gasteiger partial charge in [-0.1, -0.05) is 52.4 Å². The van der Waals surface area contributed by atoms with Crippen molar-refractivity contribution in [2.75, 3.05) is 0 Å². The molecule has 31 heavy (non-hydrogen) atoms. The summed E-state index contributed by atoms with van der Waals surface area (Å²) in [5.41, 5.74) is 3.13. The minimum Gasteiger partial charge on any atom is -0.142 e. The first kappa shape index (κ1) is 21.4. The minimum atomic E-state index is 1.21. The molecule has 0 spiro atoms. The Labute approximate surface area is 197 Å². The van der Waals surface area contributed by atoms with Gasteiger partial charge in [0, 0.05) is 10.8 Å². The first-order valence-electron chi connectivity index (χ1n) is 12.1. The van der Waals surface area contributed by atoms with E-state index < -0.39 is 0 Å². The molecule has 0 unspecified atom stereocenters. The molecule has 3 aromatic heterocycles. The highest BCUT2D eigenvalue weighted by Crippen LogP contribution is 2.46. The molecule has 0 amide bonds. The topological polar surface area (TPSA) is 0 Å². The van der Waals surface area contributed by atoms with E-state index in [1.165, 1.54) is 105 Å². The Kier molecular flexibility index (Phi) is 6.64. The van der Waals surface area contributed by atoms with Crippen molar-refractivity contribution in [1.29, 1.82) is 0 Å². The number of fused-ring (bicyclic) bond motifs is 7. The van der Waals surface area contributed by atoms with E-state index in [0.717, 1.165) is 0 Å². The molecule has 0 nitrogen and oxygen atoms in total. The molecule has 0 bridgehead atoms. The summed E-state index contributed by atoms with van der Waals surface area (Å²) in [6.45, 7) is 4.59. The average molecular weight is 465 g/mol. The number of rotatable bonds is 10. The highest BCUT2D eigenvalue weighted by Gasteiger charge is 2.17. The Bertz CT molecular complexity index is 1210. The molecule has 0 aliphatic rings. The predicted molar refractivity (Wildman–Crippen MR) is 146 cm³/mol. The van der Waals surface area contributed by atoms with Crippen molar-refractivity contribution in [2.45, 2.75) is 78.1 Å². The van der Waals surface area contributed by atoms with Gasteiger partial charge < -0.3 is 0 Å². The van der Waals surface area contributed by atoms with Gasteiger partial charge in [0.2, 0.25) is 0 Å². The van der Waals surface area contributed by atoms with Gasteiger partial charge in [-0.15, -0.1) is 34.0 Å². The van der Waals surface area contributed by atoms with Crippen LogP contribution in [-0.4, -0.2) is 0 Å². The fraction of sp³-hybridized carbons (Fsp3) is 0.429. The molecule has 162 valence electrons. The summed E-state index contributed by atoms with van der Waals surface area (Å²) >= 11 is 5.90. The van der Waals surface area contributed by atoms with Gasteiger partial charge in [0.05, 0.1) is 18.8 Å². The molecule has 0 saturated heterocycles. The summed E-state index contributed by atoms with van der Waals surface area (Å²) in [7, 11) is 0. The van der Waals surface area contributed by atoms with Crippen molar-refractivity contribution < 1.29 is 0 Å². The summed E-state index contributed by atoms with van der Waals surface area (Å²) < 4.78 is 6.04. The monoisotopic (exact) mass is 464 g/mol. The van der Waals surface area contributed by atoms with Crippen LogP contribution in [0.15, 0.2) is 35.0 Å². The number of unbranched alkanes of at least 4 members (excludes halogenated alkanes) is 6. The van der Waals surface area contributed by atoms with Crippen LogP contribution in [0.2, 0.25) is 0 Å². The van der Waals surface area contributed by atoms with Gasteiger partial charge in [-0.25, -0.2) is 0 Å². The summed E-state index contributed by atoms with van der Waals surface area (Å²) in [4.78, 5) is 0. The van der Waals surface area contributed by atoms with Crippen LogP contribution < -0.4 is 0 Å². The van der Waals surface area contributed by atoms with Crippen LogP contribution >= 0.6 is 34.0 Å². The first-order chi connectivity index (χ1) is 15.3. The lowest BCUT2D eigenvalue weighted by Crippen LogP contribution is -1.88. The van der Waals surface area contributed by atoms with Crippen LogP contribution in [0, 0.1) is 0 Å². The van der Waals surface area contributed by atoms with Crippen LogP contribution in [0.5, 0.6) is 0 Å². The Morgan fingerprint density at radius 1 is 0.548 bits per heavy atom. The highest BCUT2D eigenvalue weighted by molar-refractivity contribution is 7.33. The molecule has 2 aromatic carbocycles. The fourth-order valence-corrected chi connectivity index (χ4v) is 8.43. The third-order valence-corrected chi connectivity index (χ3v) is 10.0. The molecule has 3 heterocycles. The summed E-state index contributed by atoms with van der Waals surface area (Å²) in [5.74, 6) is 0. The smallest absolute Gasteiger partial charge is 0.0534 e. The van der Waals surface area contributed by atoms with E-state index in [1.807, 2.05) is 34.0 Å². The van der Waals surface area contributed by atoms with E-state index in [2.05, 4.69) is 48.9 Å². The Morgan fingerprint density at radius 3 is 1.48 bits per heavy atom.